The van der Waals surface area contributed by atoms with Crippen LogP contribution in [0.25, 0.3) is 22.3 Å². The zero-order chi connectivity index (χ0) is 39.8. The average molecular weight is 767 g/mol. The van der Waals surface area contributed by atoms with Crippen LogP contribution in [0.1, 0.15) is 73.7 Å². The summed E-state index contributed by atoms with van der Waals surface area (Å²) in [5, 5.41) is 35.0. The Balaban J connectivity index is 0.000000202. The molecule has 4 unspecified atom stereocenters. The van der Waals surface area contributed by atoms with Crippen molar-refractivity contribution in [3.8, 4) is 0 Å². The van der Waals surface area contributed by atoms with E-state index in [9.17, 15) is 24.9 Å². The van der Waals surface area contributed by atoms with Gasteiger partial charge in [-0.3, -0.25) is 13.9 Å². The van der Waals surface area contributed by atoms with Crippen molar-refractivity contribution in [1.82, 2.24) is 39.0 Å². The standard InChI is InChI=1S/C26H25N5O5.C12H17N5O3/c1-3-18-20(36-24(33)17-12-8-5-9-13-17)26(2,34)25(35-18)31-15-29-19-21(27-14-28-22(19)31)30-23(32)16-10-6-4-7-11-16;1-3-6-8(18)12(2,19)11(20-6)17-5-16-7-9(13)14-4-15-10(7)17/h4-15,18,20,25,34H,3H2,1-2H3,(H,27,28,30,32);4-6,8,11,18-19H,3H2,1-2H3,(H2,13,14,15)/t18-,20?,25-,26?;6-,8?,11-,12?/m11/s1. The molecule has 0 saturated carbocycles. The summed E-state index contributed by atoms with van der Waals surface area (Å²) < 4.78 is 20.8. The van der Waals surface area contributed by atoms with Crippen molar-refractivity contribution >= 4 is 45.8 Å². The van der Waals surface area contributed by atoms with Crippen LogP contribution in [0.2, 0.25) is 0 Å². The Kier molecular flexibility index (Phi) is 10.5. The van der Waals surface area contributed by atoms with Gasteiger partial charge < -0.3 is 40.6 Å². The van der Waals surface area contributed by atoms with Crippen LogP contribution in [-0.4, -0.2) is 102 Å². The first-order chi connectivity index (χ1) is 26.9. The van der Waals surface area contributed by atoms with Gasteiger partial charge in [0.15, 0.2) is 47.0 Å². The van der Waals surface area contributed by atoms with Gasteiger partial charge in [0.1, 0.15) is 41.6 Å². The van der Waals surface area contributed by atoms with Crippen LogP contribution < -0.4 is 11.1 Å². The van der Waals surface area contributed by atoms with Crippen LogP contribution in [0.4, 0.5) is 11.6 Å². The fourth-order valence-electron chi connectivity index (χ4n) is 6.99. The number of carbonyl (C=O) groups is 2. The fraction of sp³-hybridized carbons (Fsp3) is 0.368. The predicted octanol–water partition coefficient (Wildman–Crippen LogP) is 3.19. The minimum absolute atomic E-state index is 0.226. The molecule has 8 rings (SSSR count). The lowest BCUT2D eigenvalue weighted by Crippen LogP contribution is -2.46. The van der Waals surface area contributed by atoms with E-state index in [1.165, 1.54) is 32.2 Å². The predicted molar refractivity (Wildman–Crippen MR) is 201 cm³/mol. The summed E-state index contributed by atoms with van der Waals surface area (Å²) >= 11 is 0. The van der Waals surface area contributed by atoms with E-state index in [2.05, 4.69) is 35.2 Å². The normalized spacial score (nSPS) is 27.2. The summed E-state index contributed by atoms with van der Waals surface area (Å²) in [6.45, 7) is 6.87. The highest BCUT2D eigenvalue weighted by Gasteiger charge is 2.56. The number of ether oxygens (including phenoxy) is 3. The molecule has 2 aliphatic rings. The highest BCUT2D eigenvalue weighted by molar-refractivity contribution is 6.06. The molecular weight excluding hydrogens is 724 g/mol. The SMILES string of the molecule is CC[C@H]1O[C@@H](n2cnc3c(N)ncnc32)C(C)(O)C1O.CC[C@H]1O[C@@H](n2cnc3c(NC(=O)c4ccccc4)ncnc32)C(C)(O)C1OC(=O)c1ccccc1. The summed E-state index contributed by atoms with van der Waals surface area (Å²) in [7, 11) is 0. The second-order valence-corrected chi connectivity index (χ2v) is 13.9. The molecule has 0 bridgehead atoms. The molecule has 2 saturated heterocycles. The molecule has 1 amide bonds. The van der Waals surface area contributed by atoms with Gasteiger partial charge in [-0.15, -0.1) is 0 Å². The van der Waals surface area contributed by atoms with E-state index < -0.39 is 54.0 Å². The van der Waals surface area contributed by atoms with E-state index >= 15 is 0 Å². The number of aliphatic hydroxyl groups is 3. The number of nitrogens with zero attached hydrogens (tertiary/aromatic N) is 8. The van der Waals surface area contributed by atoms with E-state index in [0.717, 1.165) is 0 Å². The van der Waals surface area contributed by atoms with E-state index in [-0.39, 0.29) is 17.5 Å². The summed E-state index contributed by atoms with van der Waals surface area (Å²) in [6, 6.07) is 17.3. The lowest BCUT2D eigenvalue weighted by atomic mass is 9.95. The number of hydrogen-bond acceptors (Lipinski definition) is 15. The van der Waals surface area contributed by atoms with E-state index in [4.69, 9.17) is 19.9 Å². The van der Waals surface area contributed by atoms with E-state index in [1.807, 2.05) is 19.9 Å². The zero-order valence-electron chi connectivity index (χ0n) is 31.0. The first-order valence-corrected chi connectivity index (χ1v) is 18.0. The highest BCUT2D eigenvalue weighted by Crippen LogP contribution is 2.43. The van der Waals surface area contributed by atoms with Crippen molar-refractivity contribution in [2.75, 3.05) is 11.1 Å². The number of anilines is 2. The van der Waals surface area contributed by atoms with Gasteiger partial charge in [0, 0.05) is 5.56 Å². The molecule has 0 aliphatic carbocycles. The second kappa shape index (κ2) is 15.3. The molecule has 6 N–H and O–H groups in total. The third kappa shape index (κ3) is 6.92. The maximum Gasteiger partial charge on any atom is 0.338 e. The topological polar surface area (TPSA) is 248 Å². The van der Waals surface area contributed by atoms with Crippen LogP contribution in [0, 0.1) is 0 Å². The maximum absolute atomic E-state index is 12.8. The first-order valence-electron chi connectivity index (χ1n) is 18.0. The Labute approximate surface area is 320 Å². The molecule has 2 aliphatic heterocycles. The number of benzene rings is 2. The van der Waals surface area contributed by atoms with Crippen molar-refractivity contribution < 1.29 is 39.1 Å². The number of nitrogens with one attached hydrogen (secondary N) is 1. The average Bonchev–Trinajstić information content (AvgIpc) is 3.95. The number of aromatic nitrogens is 8. The molecule has 2 fully saturated rings. The summed E-state index contributed by atoms with van der Waals surface area (Å²) in [4.78, 5) is 50.4. The number of imidazole rings is 2. The highest BCUT2D eigenvalue weighted by atomic mass is 16.6. The van der Waals surface area contributed by atoms with E-state index in [1.54, 1.807) is 70.7 Å². The van der Waals surface area contributed by atoms with Crippen LogP contribution in [0.3, 0.4) is 0 Å². The number of fused-ring (bicyclic) bond motifs is 2. The third-order valence-corrected chi connectivity index (χ3v) is 10.0. The molecule has 0 radical (unpaired) electrons. The monoisotopic (exact) mass is 766 g/mol. The molecule has 6 aromatic rings. The van der Waals surface area contributed by atoms with Crippen LogP contribution in [0.15, 0.2) is 86.0 Å². The largest absolute Gasteiger partial charge is 0.453 e. The van der Waals surface area contributed by atoms with Gasteiger partial charge in [-0.05, 0) is 51.0 Å². The Bertz CT molecular complexity index is 2330. The number of esters is 1. The minimum Gasteiger partial charge on any atom is -0.453 e. The molecule has 18 nitrogen and oxygen atoms in total. The molecule has 6 heterocycles. The Morgan fingerprint density at radius 1 is 0.768 bits per heavy atom. The Morgan fingerprint density at radius 2 is 1.30 bits per heavy atom. The lowest BCUT2D eigenvalue weighted by Gasteiger charge is -2.30. The number of nitrogen functional groups attached to an aromatic ring is 1. The number of nitrogens with two attached hydrogens (primary N) is 1. The minimum atomic E-state index is -1.60. The third-order valence-electron chi connectivity index (χ3n) is 10.0. The van der Waals surface area contributed by atoms with Crippen LogP contribution in [0.5, 0.6) is 0 Å². The lowest BCUT2D eigenvalue weighted by molar-refractivity contribution is -0.0972. The van der Waals surface area contributed by atoms with Crippen molar-refractivity contribution in [3.63, 3.8) is 0 Å². The van der Waals surface area contributed by atoms with Gasteiger partial charge in [-0.25, -0.2) is 34.7 Å². The number of carbonyl (C=O) groups excluding carboxylic acids is 2. The van der Waals surface area contributed by atoms with Gasteiger partial charge in [0.2, 0.25) is 0 Å². The number of hydrogen-bond donors (Lipinski definition) is 5. The molecule has 18 heteroatoms. The molecule has 56 heavy (non-hydrogen) atoms. The number of rotatable bonds is 8. The maximum atomic E-state index is 12.8. The van der Waals surface area contributed by atoms with Gasteiger partial charge in [-0.1, -0.05) is 50.2 Å². The fourth-order valence-corrected chi connectivity index (χ4v) is 6.99. The van der Waals surface area contributed by atoms with Crippen molar-refractivity contribution in [2.45, 2.75) is 88.6 Å². The zero-order valence-corrected chi connectivity index (χ0v) is 31.0. The summed E-state index contributed by atoms with van der Waals surface area (Å²) in [5.41, 5.74) is 5.15. The summed E-state index contributed by atoms with van der Waals surface area (Å²) in [5.74, 6) is -0.399. The molecule has 2 aromatic carbocycles. The summed E-state index contributed by atoms with van der Waals surface area (Å²) in [6.07, 6.45) is 2.03. The Hall–Kier alpha value is -5.92. The molecule has 8 atom stereocenters. The molecule has 4 aromatic heterocycles. The van der Waals surface area contributed by atoms with Gasteiger partial charge in [0.25, 0.3) is 5.91 Å². The van der Waals surface area contributed by atoms with Crippen LogP contribution >= 0.6 is 0 Å². The number of amides is 1. The smallest absolute Gasteiger partial charge is 0.338 e. The van der Waals surface area contributed by atoms with Gasteiger partial charge in [0.05, 0.1) is 24.3 Å². The molecular formula is C38H42N10O8. The second-order valence-electron chi connectivity index (χ2n) is 13.9. The van der Waals surface area contributed by atoms with Gasteiger partial charge >= 0.3 is 5.97 Å². The van der Waals surface area contributed by atoms with Crippen LogP contribution in [-0.2, 0) is 14.2 Å². The molecule has 292 valence electrons. The Morgan fingerprint density at radius 3 is 1.91 bits per heavy atom. The van der Waals surface area contributed by atoms with Crippen molar-refractivity contribution in [2.24, 2.45) is 0 Å². The number of aliphatic hydroxyl groups excluding tert-OH is 1. The van der Waals surface area contributed by atoms with Crippen molar-refractivity contribution in [1.29, 1.82) is 0 Å². The van der Waals surface area contributed by atoms with Gasteiger partial charge in [-0.2, -0.15) is 0 Å². The molecule has 0 spiro atoms. The quantitative estimate of drug-likeness (QED) is 0.140. The van der Waals surface area contributed by atoms with E-state index in [0.29, 0.717) is 46.3 Å². The first kappa shape index (κ1) is 38.4. The van der Waals surface area contributed by atoms with Crippen molar-refractivity contribution in [3.05, 3.63) is 97.1 Å².